The second-order valence-corrected chi connectivity index (χ2v) is 5.65. The van der Waals surface area contributed by atoms with Gasteiger partial charge in [0.1, 0.15) is 5.75 Å². The van der Waals surface area contributed by atoms with Crippen molar-refractivity contribution in [3.8, 4) is 5.75 Å². The van der Waals surface area contributed by atoms with Gasteiger partial charge in [-0.05, 0) is 12.1 Å². The molecule has 1 aliphatic heterocycles. The van der Waals surface area contributed by atoms with Gasteiger partial charge in [-0.25, -0.2) is 4.79 Å². The number of ketones is 1. The number of fused-ring (bicyclic) bond motifs is 1. The molecule has 0 bridgehead atoms. The fourth-order valence-corrected chi connectivity index (χ4v) is 2.23. The minimum absolute atomic E-state index is 0.0349. The Morgan fingerprint density at radius 3 is 2.79 bits per heavy atom. The van der Waals surface area contributed by atoms with E-state index >= 15 is 0 Å². The number of phenols is 1. The van der Waals surface area contributed by atoms with Gasteiger partial charge in [0.25, 0.3) is 5.91 Å². The monoisotopic (exact) mass is 443 g/mol. The SMILES string of the molecule is O=C(I)OCOC1=C2OC2C(=O)C=C1NC(=O)c1ccccc1O. The number of aromatic hydroxyl groups is 1. The molecule has 9 heteroatoms. The zero-order valence-corrected chi connectivity index (χ0v) is 14.1. The highest BCUT2D eigenvalue weighted by molar-refractivity contribution is 14.1. The molecule has 0 radical (unpaired) electrons. The minimum Gasteiger partial charge on any atom is -0.507 e. The molecule has 1 fully saturated rings. The second-order valence-electron chi connectivity index (χ2n) is 4.77. The maximum absolute atomic E-state index is 12.3. The smallest absolute Gasteiger partial charge is 0.369 e. The van der Waals surface area contributed by atoms with Crippen LogP contribution in [0.4, 0.5) is 4.79 Å². The van der Waals surface area contributed by atoms with Gasteiger partial charge in [0.2, 0.25) is 18.7 Å². The molecule has 3 rings (SSSR count). The Bertz CT molecular complexity index is 799. The van der Waals surface area contributed by atoms with E-state index in [0.717, 1.165) is 0 Å². The molecule has 1 unspecified atom stereocenters. The molecule has 2 N–H and O–H groups in total. The van der Waals surface area contributed by atoms with Gasteiger partial charge in [-0.15, -0.1) is 0 Å². The Morgan fingerprint density at radius 2 is 2.08 bits per heavy atom. The highest BCUT2D eigenvalue weighted by Crippen LogP contribution is 2.38. The molecule has 0 aromatic heterocycles. The van der Waals surface area contributed by atoms with Crippen molar-refractivity contribution in [1.82, 2.24) is 5.32 Å². The average molecular weight is 443 g/mol. The Balaban J connectivity index is 1.77. The molecular formula is C15H10INO7. The molecule has 0 spiro atoms. The number of nitrogens with one attached hydrogen (secondary N) is 1. The van der Waals surface area contributed by atoms with E-state index in [2.05, 4.69) is 10.1 Å². The highest BCUT2D eigenvalue weighted by Gasteiger charge is 2.47. The van der Waals surface area contributed by atoms with Gasteiger partial charge in [-0.2, -0.15) is 0 Å². The summed E-state index contributed by atoms with van der Waals surface area (Å²) in [6.45, 7) is -0.394. The van der Waals surface area contributed by atoms with Gasteiger partial charge in [0.15, 0.2) is 11.5 Å². The number of epoxide rings is 1. The number of amides is 1. The molecule has 1 amide bonds. The summed E-state index contributed by atoms with van der Waals surface area (Å²) in [5, 5.41) is 12.2. The lowest BCUT2D eigenvalue weighted by Crippen LogP contribution is -2.28. The number of ether oxygens (including phenoxy) is 3. The summed E-state index contributed by atoms with van der Waals surface area (Å²) in [7, 11) is 0. The van der Waals surface area contributed by atoms with Gasteiger partial charge >= 0.3 is 3.98 Å². The van der Waals surface area contributed by atoms with Crippen LogP contribution in [0.1, 0.15) is 10.4 Å². The zero-order valence-electron chi connectivity index (χ0n) is 11.9. The lowest BCUT2D eigenvalue weighted by atomic mass is 10.1. The third-order valence-electron chi connectivity index (χ3n) is 3.21. The number of carbonyl (C=O) groups excluding carboxylic acids is 3. The molecule has 1 aromatic carbocycles. The van der Waals surface area contributed by atoms with E-state index < -0.39 is 22.8 Å². The van der Waals surface area contributed by atoms with E-state index in [-0.39, 0.29) is 34.3 Å². The van der Waals surface area contributed by atoms with E-state index in [1.807, 2.05) is 0 Å². The number of halogens is 1. The maximum atomic E-state index is 12.3. The fourth-order valence-electron chi connectivity index (χ4n) is 2.10. The predicted molar refractivity (Wildman–Crippen MR) is 87.0 cm³/mol. The van der Waals surface area contributed by atoms with Gasteiger partial charge in [0, 0.05) is 6.08 Å². The van der Waals surface area contributed by atoms with Crippen molar-refractivity contribution in [2.45, 2.75) is 6.10 Å². The average Bonchev–Trinajstić information content (AvgIpc) is 3.31. The number of hydrogen-bond acceptors (Lipinski definition) is 7. The Hall–Kier alpha value is -2.56. The summed E-state index contributed by atoms with van der Waals surface area (Å²) in [5.74, 6) is -0.789. The molecule has 8 nitrogen and oxygen atoms in total. The maximum Gasteiger partial charge on any atom is 0.369 e. The summed E-state index contributed by atoms with van der Waals surface area (Å²) in [6.07, 6.45) is 0.446. The van der Waals surface area contributed by atoms with Crippen molar-refractivity contribution in [2.24, 2.45) is 0 Å². The third kappa shape index (κ3) is 3.35. The summed E-state index contributed by atoms with van der Waals surface area (Å²) in [6, 6.07) is 5.96. The van der Waals surface area contributed by atoms with E-state index in [1.54, 1.807) is 12.1 Å². The summed E-state index contributed by atoms with van der Waals surface area (Å²) in [5.41, 5.74) is 0.106. The quantitative estimate of drug-likeness (QED) is 0.309. The number of rotatable bonds is 5. The van der Waals surface area contributed by atoms with E-state index in [1.165, 1.54) is 40.8 Å². The number of benzene rings is 1. The standard InChI is InChI=1S/C15H10INO7/c16-15(21)23-6-22-11-8(5-10(19)12-13(11)24-12)17-14(20)7-3-1-2-4-9(7)18/h1-5,12,18H,6H2,(H,17,20). The first-order valence-corrected chi connectivity index (χ1v) is 7.76. The largest absolute Gasteiger partial charge is 0.507 e. The molecule has 1 aromatic rings. The Kier molecular flexibility index (Phi) is 4.42. The third-order valence-corrected chi connectivity index (χ3v) is 3.52. The molecule has 1 aliphatic carbocycles. The van der Waals surface area contributed by atoms with Crippen molar-refractivity contribution >= 4 is 38.3 Å². The number of phenolic OH excluding ortho intramolecular Hbond substituents is 1. The van der Waals surface area contributed by atoms with Crippen LogP contribution in [0.5, 0.6) is 5.75 Å². The summed E-state index contributed by atoms with van der Waals surface area (Å²) in [4.78, 5) is 34.8. The van der Waals surface area contributed by atoms with Crippen LogP contribution in [0, 0.1) is 0 Å². The van der Waals surface area contributed by atoms with Crippen molar-refractivity contribution in [3.63, 3.8) is 0 Å². The molecule has 1 heterocycles. The predicted octanol–water partition coefficient (Wildman–Crippen LogP) is 1.74. The molecule has 0 saturated carbocycles. The van der Waals surface area contributed by atoms with Crippen LogP contribution < -0.4 is 5.32 Å². The lowest BCUT2D eigenvalue weighted by Gasteiger charge is -2.15. The molecule has 2 aliphatic rings. The van der Waals surface area contributed by atoms with E-state index in [4.69, 9.17) is 9.47 Å². The summed E-state index contributed by atoms with van der Waals surface area (Å²) >= 11 is 1.44. The van der Waals surface area contributed by atoms with Crippen molar-refractivity contribution in [2.75, 3.05) is 6.79 Å². The fraction of sp³-hybridized carbons (Fsp3) is 0.133. The first kappa shape index (κ1) is 16.3. The van der Waals surface area contributed by atoms with Crippen LogP contribution in [-0.2, 0) is 19.0 Å². The highest BCUT2D eigenvalue weighted by atomic mass is 127. The minimum atomic E-state index is -0.721. The van der Waals surface area contributed by atoms with Gasteiger partial charge in [-0.3, -0.25) is 9.59 Å². The van der Waals surface area contributed by atoms with Crippen LogP contribution in [0.2, 0.25) is 0 Å². The topological polar surface area (TPSA) is 114 Å². The van der Waals surface area contributed by atoms with Crippen LogP contribution in [-0.4, -0.2) is 33.7 Å². The molecule has 124 valence electrons. The first-order valence-electron chi connectivity index (χ1n) is 6.68. The normalized spacial score (nSPS) is 18.1. The van der Waals surface area contributed by atoms with Crippen molar-refractivity contribution in [1.29, 1.82) is 0 Å². The van der Waals surface area contributed by atoms with Crippen LogP contribution in [0.15, 0.2) is 47.6 Å². The van der Waals surface area contributed by atoms with E-state index in [0.29, 0.717) is 0 Å². The number of para-hydroxylation sites is 1. The van der Waals surface area contributed by atoms with Crippen LogP contribution >= 0.6 is 22.6 Å². The van der Waals surface area contributed by atoms with Gasteiger partial charge in [0.05, 0.1) is 33.9 Å². The number of hydrogen-bond donors (Lipinski definition) is 2. The Labute approximate surface area is 149 Å². The van der Waals surface area contributed by atoms with Crippen LogP contribution in [0.3, 0.4) is 0 Å². The number of carbonyl (C=O) groups is 3. The first-order chi connectivity index (χ1) is 11.5. The van der Waals surface area contributed by atoms with Crippen molar-refractivity contribution < 1.29 is 33.7 Å². The van der Waals surface area contributed by atoms with Gasteiger partial charge < -0.3 is 24.6 Å². The van der Waals surface area contributed by atoms with E-state index in [9.17, 15) is 19.5 Å². The molecule has 1 atom stereocenters. The molecule has 24 heavy (non-hydrogen) atoms. The molecule has 1 saturated heterocycles. The second kappa shape index (κ2) is 6.51. The molecular weight excluding hydrogens is 433 g/mol. The van der Waals surface area contributed by atoms with Crippen molar-refractivity contribution in [3.05, 3.63) is 53.1 Å². The zero-order chi connectivity index (χ0) is 17.3. The van der Waals surface area contributed by atoms with Crippen LogP contribution in [0.25, 0.3) is 0 Å². The lowest BCUT2D eigenvalue weighted by molar-refractivity contribution is -0.115. The van der Waals surface area contributed by atoms with Gasteiger partial charge in [-0.1, -0.05) is 12.1 Å². The Morgan fingerprint density at radius 1 is 1.33 bits per heavy atom. The summed E-state index contributed by atoms with van der Waals surface area (Å²) < 4.78 is 14.5.